The van der Waals surface area contributed by atoms with E-state index in [0.717, 1.165) is 56.2 Å². The standard InChI is InChI=1S/C19H29N5O2/c1-26-12-18(25)24-6-2-5-23(7-8-24)17-11-16(14-9-15(20)10-14)21-19(22-17)13-3-4-13/h11,13-15H,2-10,12,20H2,1H3. The van der Waals surface area contributed by atoms with Crippen molar-refractivity contribution in [1.29, 1.82) is 0 Å². The fourth-order valence-electron chi connectivity index (χ4n) is 3.88. The maximum atomic E-state index is 12.1. The van der Waals surface area contributed by atoms with Gasteiger partial charge in [0.25, 0.3) is 0 Å². The van der Waals surface area contributed by atoms with Crippen LogP contribution in [0.4, 0.5) is 5.82 Å². The number of hydrogen-bond acceptors (Lipinski definition) is 6. The van der Waals surface area contributed by atoms with Crippen molar-refractivity contribution < 1.29 is 9.53 Å². The number of aromatic nitrogens is 2. The van der Waals surface area contributed by atoms with Gasteiger partial charge in [-0.2, -0.15) is 0 Å². The van der Waals surface area contributed by atoms with E-state index in [4.69, 9.17) is 20.4 Å². The van der Waals surface area contributed by atoms with E-state index in [0.29, 0.717) is 24.4 Å². The molecule has 0 radical (unpaired) electrons. The van der Waals surface area contributed by atoms with Crippen molar-refractivity contribution >= 4 is 11.7 Å². The van der Waals surface area contributed by atoms with E-state index in [-0.39, 0.29) is 12.5 Å². The van der Waals surface area contributed by atoms with E-state index >= 15 is 0 Å². The van der Waals surface area contributed by atoms with Gasteiger partial charge in [-0.15, -0.1) is 0 Å². The van der Waals surface area contributed by atoms with Gasteiger partial charge >= 0.3 is 0 Å². The minimum atomic E-state index is 0.0693. The molecule has 3 fully saturated rings. The van der Waals surface area contributed by atoms with Gasteiger partial charge in [-0.25, -0.2) is 9.97 Å². The lowest BCUT2D eigenvalue weighted by Crippen LogP contribution is -2.37. The van der Waals surface area contributed by atoms with E-state index in [1.165, 1.54) is 12.8 Å². The number of ether oxygens (including phenoxy) is 1. The van der Waals surface area contributed by atoms with E-state index in [2.05, 4.69) is 11.0 Å². The summed E-state index contributed by atoms with van der Waals surface area (Å²) in [5.74, 6) is 3.12. The summed E-state index contributed by atoms with van der Waals surface area (Å²) in [6.45, 7) is 3.38. The van der Waals surface area contributed by atoms with Crippen LogP contribution >= 0.6 is 0 Å². The van der Waals surface area contributed by atoms with Crippen LogP contribution < -0.4 is 10.6 Å². The lowest BCUT2D eigenvalue weighted by molar-refractivity contribution is -0.134. The van der Waals surface area contributed by atoms with E-state index < -0.39 is 0 Å². The second kappa shape index (κ2) is 7.48. The molecule has 0 bridgehead atoms. The van der Waals surface area contributed by atoms with Gasteiger partial charge in [0.05, 0.1) is 0 Å². The third-order valence-electron chi connectivity index (χ3n) is 5.73. The molecule has 0 unspecified atom stereocenters. The first kappa shape index (κ1) is 17.7. The SMILES string of the molecule is COCC(=O)N1CCCN(c2cc(C3CC(N)C3)nc(C3CC3)n2)CC1. The average Bonchev–Trinajstić information content (AvgIpc) is 3.45. The molecule has 0 spiro atoms. The van der Waals surface area contributed by atoms with Crippen molar-refractivity contribution in [3.8, 4) is 0 Å². The zero-order valence-electron chi connectivity index (χ0n) is 15.6. The number of carbonyl (C=O) groups excluding carboxylic acids is 1. The summed E-state index contributed by atoms with van der Waals surface area (Å²) in [6, 6.07) is 2.48. The number of carbonyl (C=O) groups is 1. The summed E-state index contributed by atoms with van der Waals surface area (Å²) in [7, 11) is 1.57. The van der Waals surface area contributed by atoms with E-state index in [1.54, 1.807) is 7.11 Å². The van der Waals surface area contributed by atoms with Crippen molar-refractivity contribution in [2.75, 3.05) is 44.8 Å². The molecule has 0 atom stereocenters. The molecule has 0 aromatic carbocycles. The molecular weight excluding hydrogens is 330 g/mol. The normalized spacial score (nSPS) is 26.4. The third kappa shape index (κ3) is 3.83. The molecule has 1 saturated heterocycles. The molecule has 1 aliphatic heterocycles. The second-order valence-corrected chi connectivity index (χ2v) is 7.87. The molecule has 1 aromatic heterocycles. The topological polar surface area (TPSA) is 84.6 Å². The Balaban J connectivity index is 1.50. The third-order valence-corrected chi connectivity index (χ3v) is 5.73. The second-order valence-electron chi connectivity index (χ2n) is 7.87. The number of hydrogen-bond donors (Lipinski definition) is 1. The average molecular weight is 359 g/mol. The highest BCUT2D eigenvalue weighted by atomic mass is 16.5. The van der Waals surface area contributed by atoms with Crippen LogP contribution in [0.25, 0.3) is 0 Å². The van der Waals surface area contributed by atoms with Crippen LogP contribution in [-0.4, -0.2) is 66.7 Å². The van der Waals surface area contributed by atoms with Gasteiger partial charge in [-0.3, -0.25) is 4.79 Å². The molecule has 3 aliphatic rings. The van der Waals surface area contributed by atoms with Gasteiger partial charge in [-0.05, 0) is 32.1 Å². The van der Waals surface area contributed by atoms with Crippen LogP contribution in [0.1, 0.15) is 55.5 Å². The Morgan fingerprint density at radius 2 is 2.00 bits per heavy atom. The van der Waals surface area contributed by atoms with Crippen molar-refractivity contribution in [3.63, 3.8) is 0 Å². The molecule has 2 heterocycles. The zero-order valence-corrected chi connectivity index (χ0v) is 15.6. The van der Waals surface area contributed by atoms with Crippen molar-refractivity contribution in [3.05, 3.63) is 17.6 Å². The summed E-state index contributed by atoms with van der Waals surface area (Å²) in [6.07, 6.45) is 5.40. The summed E-state index contributed by atoms with van der Waals surface area (Å²) >= 11 is 0. The lowest BCUT2D eigenvalue weighted by atomic mass is 9.78. The number of methoxy groups -OCH3 is 1. The number of amides is 1. The van der Waals surface area contributed by atoms with Crippen LogP contribution in [0.2, 0.25) is 0 Å². The van der Waals surface area contributed by atoms with Crippen molar-refractivity contribution in [2.45, 2.75) is 50.0 Å². The van der Waals surface area contributed by atoms with Gasteiger partial charge < -0.3 is 20.3 Å². The van der Waals surface area contributed by atoms with Crippen molar-refractivity contribution in [2.24, 2.45) is 5.73 Å². The predicted molar refractivity (Wildman–Crippen MR) is 99.2 cm³/mol. The minimum absolute atomic E-state index is 0.0693. The summed E-state index contributed by atoms with van der Waals surface area (Å²) in [4.78, 5) is 26.1. The Hall–Kier alpha value is -1.73. The van der Waals surface area contributed by atoms with Gasteiger partial charge in [-0.1, -0.05) is 0 Å². The number of rotatable bonds is 5. The smallest absolute Gasteiger partial charge is 0.248 e. The molecule has 1 amide bonds. The maximum absolute atomic E-state index is 12.1. The van der Waals surface area contributed by atoms with Crippen molar-refractivity contribution in [1.82, 2.24) is 14.9 Å². The predicted octanol–water partition coefficient (Wildman–Crippen LogP) is 1.24. The van der Waals surface area contributed by atoms with Gasteiger partial charge in [0.1, 0.15) is 18.2 Å². The molecule has 2 N–H and O–H groups in total. The zero-order chi connectivity index (χ0) is 18.1. The Kier molecular flexibility index (Phi) is 5.09. The van der Waals surface area contributed by atoms with Crippen LogP contribution in [0, 0.1) is 0 Å². The molecule has 142 valence electrons. The molecular formula is C19H29N5O2. The summed E-state index contributed by atoms with van der Waals surface area (Å²) in [5, 5.41) is 0. The first-order valence-electron chi connectivity index (χ1n) is 9.80. The number of nitrogens with zero attached hydrogens (tertiary/aromatic N) is 4. The molecule has 1 aromatic rings. The molecule has 7 nitrogen and oxygen atoms in total. The van der Waals surface area contributed by atoms with Crippen LogP contribution in [0.15, 0.2) is 6.07 Å². The highest BCUT2D eigenvalue weighted by Crippen LogP contribution is 2.41. The monoisotopic (exact) mass is 359 g/mol. The lowest BCUT2D eigenvalue weighted by Gasteiger charge is -2.33. The highest BCUT2D eigenvalue weighted by Gasteiger charge is 2.33. The quantitative estimate of drug-likeness (QED) is 0.852. The summed E-state index contributed by atoms with van der Waals surface area (Å²) in [5.41, 5.74) is 7.15. The van der Waals surface area contributed by atoms with E-state index in [1.807, 2.05) is 4.90 Å². The van der Waals surface area contributed by atoms with Crippen LogP contribution in [0.5, 0.6) is 0 Å². The number of nitrogens with two attached hydrogens (primary N) is 1. The molecule has 2 saturated carbocycles. The highest BCUT2D eigenvalue weighted by molar-refractivity contribution is 5.77. The van der Waals surface area contributed by atoms with Gasteiger partial charge in [0.15, 0.2) is 0 Å². The first-order chi connectivity index (χ1) is 12.6. The van der Waals surface area contributed by atoms with Crippen LogP contribution in [-0.2, 0) is 9.53 Å². The fourth-order valence-corrected chi connectivity index (χ4v) is 3.88. The van der Waals surface area contributed by atoms with Crippen LogP contribution in [0.3, 0.4) is 0 Å². The number of anilines is 1. The Morgan fingerprint density at radius 3 is 2.69 bits per heavy atom. The van der Waals surface area contributed by atoms with Gasteiger partial charge in [0, 0.05) is 62.9 Å². The molecule has 4 rings (SSSR count). The maximum Gasteiger partial charge on any atom is 0.248 e. The first-order valence-corrected chi connectivity index (χ1v) is 9.80. The minimum Gasteiger partial charge on any atom is -0.375 e. The largest absolute Gasteiger partial charge is 0.375 e. The fraction of sp³-hybridized carbons (Fsp3) is 0.737. The van der Waals surface area contributed by atoms with Gasteiger partial charge in [0.2, 0.25) is 5.91 Å². The Bertz CT molecular complexity index is 657. The summed E-state index contributed by atoms with van der Waals surface area (Å²) < 4.78 is 4.99. The Morgan fingerprint density at radius 1 is 1.19 bits per heavy atom. The molecule has 2 aliphatic carbocycles. The molecule has 7 heteroatoms. The van der Waals surface area contributed by atoms with E-state index in [9.17, 15) is 4.79 Å². The Labute approximate surface area is 154 Å². The molecule has 26 heavy (non-hydrogen) atoms.